The monoisotopic (exact) mass is 368 g/mol. The molecule has 0 saturated carbocycles. The Hall–Kier alpha value is -2.86. The largest absolute Gasteiger partial charge is 0.493 e. The minimum absolute atomic E-state index is 0.0651. The molecule has 0 aliphatic heterocycles. The lowest BCUT2D eigenvalue weighted by Crippen LogP contribution is -2.24. The minimum Gasteiger partial charge on any atom is -0.493 e. The van der Waals surface area contributed by atoms with Crippen molar-refractivity contribution in [3.63, 3.8) is 0 Å². The van der Waals surface area contributed by atoms with E-state index in [0.29, 0.717) is 18.0 Å². The van der Waals surface area contributed by atoms with Gasteiger partial charge < -0.3 is 14.8 Å². The molecule has 0 atom stereocenters. The van der Waals surface area contributed by atoms with Gasteiger partial charge >= 0.3 is 0 Å². The maximum Gasteiger partial charge on any atom is 0.226 e. The molecule has 0 radical (unpaired) electrons. The number of hydrogen-bond acceptors (Lipinski definition) is 5. The van der Waals surface area contributed by atoms with Crippen molar-refractivity contribution in [3.05, 3.63) is 65.2 Å². The molecule has 0 aliphatic carbocycles. The van der Waals surface area contributed by atoms with Crippen LogP contribution in [0.25, 0.3) is 10.6 Å². The third-order valence-electron chi connectivity index (χ3n) is 3.85. The number of nitrogens with one attached hydrogen (secondary N) is 1. The van der Waals surface area contributed by atoms with Gasteiger partial charge in [-0.2, -0.15) is 0 Å². The van der Waals surface area contributed by atoms with Gasteiger partial charge in [0.15, 0.2) is 11.5 Å². The van der Waals surface area contributed by atoms with Crippen LogP contribution in [0.4, 0.5) is 0 Å². The lowest BCUT2D eigenvalue weighted by atomic mass is 10.2. The molecule has 5 nitrogen and oxygen atoms in total. The number of hydrogen-bond donors (Lipinski definition) is 1. The Bertz CT molecular complexity index is 878. The van der Waals surface area contributed by atoms with E-state index in [9.17, 15) is 4.79 Å². The Morgan fingerprint density at radius 2 is 1.85 bits per heavy atom. The van der Waals surface area contributed by atoms with E-state index in [-0.39, 0.29) is 12.3 Å². The molecule has 0 spiro atoms. The normalized spacial score (nSPS) is 10.4. The van der Waals surface area contributed by atoms with Crippen LogP contribution in [-0.4, -0.2) is 25.1 Å². The fourth-order valence-corrected chi connectivity index (χ4v) is 3.35. The van der Waals surface area contributed by atoms with Gasteiger partial charge in [-0.3, -0.25) is 4.79 Å². The smallest absolute Gasteiger partial charge is 0.226 e. The van der Waals surface area contributed by atoms with Crippen LogP contribution in [0, 0.1) is 0 Å². The first kappa shape index (κ1) is 17.9. The second-order valence-electron chi connectivity index (χ2n) is 5.65. The molecule has 3 aromatic rings. The first-order valence-corrected chi connectivity index (χ1v) is 9.05. The summed E-state index contributed by atoms with van der Waals surface area (Å²) in [5, 5.41) is 5.77. The van der Waals surface area contributed by atoms with E-state index in [1.165, 1.54) is 0 Å². The Balaban J connectivity index is 1.57. The number of carbonyl (C=O) groups excluding carboxylic acids is 1. The molecule has 6 heteroatoms. The number of benzene rings is 2. The first-order chi connectivity index (χ1) is 12.7. The van der Waals surface area contributed by atoms with E-state index in [1.54, 1.807) is 25.6 Å². The zero-order chi connectivity index (χ0) is 18.4. The highest BCUT2D eigenvalue weighted by Gasteiger charge is 2.10. The minimum atomic E-state index is -0.0651. The topological polar surface area (TPSA) is 60.5 Å². The number of ether oxygens (including phenoxy) is 2. The zero-order valence-electron chi connectivity index (χ0n) is 14.7. The highest BCUT2D eigenvalue weighted by molar-refractivity contribution is 7.13. The summed E-state index contributed by atoms with van der Waals surface area (Å²) in [6, 6.07) is 15.5. The van der Waals surface area contributed by atoms with Crippen LogP contribution in [0.15, 0.2) is 53.9 Å². The van der Waals surface area contributed by atoms with Gasteiger partial charge in [0.05, 0.1) is 26.3 Å². The predicted octanol–water partition coefficient (Wildman–Crippen LogP) is 3.69. The van der Waals surface area contributed by atoms with Gasteiger partial charge in [0, 0.05) is 17.5 Å². The van der Waals surface area contributed by atoms with Gasteiger partial charge in [-0.15, -0.1) is 11.3 Å². The molecule has 3 rings (SSSR count). The Labute approximate surface area is 156 Å². The fourth-order valence-electron chi connectivity index (χ4n) is 2.52. The maximum absolute atomic E-state index is 12.2. The number of amides is 1. The molecule has 0 fully saturated rings. The molecule has 134 valence electrons. The van der Waals surface area contributed by atoms with E-state index >= 15 is 0 Å². The van der Waals surface area contributed by atoms with E-state index in [4.69, 9.17) is 9.47 Å². The quantitative estimate of drug-likeness (QED) is 0.691. The molecule has 0 saturated heterocycles. The molecule has 1 heterocycles. The summed E-state index contributed by atoms with van der Waals surface area (Å²) in [5.74, 6) is 1.24. The highest BCUT2D eigenvalue weighted by atomic mass is 32.1. The van der Waals surface area contributed by atoms with Crippen molar-refractivity contribution in [1.82, 2.24) is 10.3 Å². The van der Waals surface area contributed by atoms with Crippen molar-refractivity contribution in [2.24, 2.45) is 0 Å². The van der Waals surface area contributed by atoms with Crippen LogP contribution in [-0.2, 0) is 17.8 Å². The van der Waals surface area contributed by atoms with Crippen LogP contribution in [0.3, 0.4) is 0 Å². The summed E-state index contributed by atoms with van der Waals surface area (Å²) in [6.07, 6.45) is 0.261. The summed E-state index contributed by atoms with van der Waals surface area (Å²) < 4.78 is 10.5. The molecular weight excluding hydrogens is 348 g/mol. The van der Waals surface area contributed by atoms with Crippen molar-refractivity contribution in [1.29, 1.82) is 0 Å². The number of thiazole rings is 1. The average molecular weight is 368 g/mol. The van der Waals surface area contributed by atoms with Gasteiger partial charge in [0.1, 0.15) is 5.01 Å². The van der Waals surface area contributed by atoms with Crippen molar-refractivity contribution >= 4 is 17.2 Å². The number of methoxy groups -OCH3 is 2. The van der Waals surface area contributed by atoms with Crippen molar-refractivity contribution in [3.8, 4) is 22.1 Å². The van der Waals surface area contributed by atoms with Gasteiger partial charge in [0.25, 0.3) is 0 Å². The molecule has 0 aliphatic rings. The van der Waals surface area contributed by atoms with Crippen LogP contribution in [0.2, 0.25) is 0 Å². The predicted molar refractivity (Wildman–Crippen MR) is 103 cm³/mol. The maximum atomic E-state index is 12.2. The summed E-state index contributed by atoms with van der Waals surface area (Å²) >= 11 is 1.55. The third kappa shape index (κ3) is 4.40. The number of nitrogens with zero attached hydrogens (tertiary/aromatic N) is 1. The zero-order valence-corrected chi connectivity index (χ0v) is 15.5. The highest BCUT2D eigenvalue weighted by Crippen LogP contribution is 2.27. The molecule has 1 aromatic heterocycles. The van der Waals surface area contributed by atoms with Crippen molar-refractivity contribution in [2.45, 2.75) is 13.0 Å². The Kier molecular flexibility index (Phi) is 5.86. The van der Waals surface area contributed by atoms with Gasteiger partial charge in [0.2, 0.25) is 5.91 Å². The fraction of sp³-hybridized carbons (Fsp3) is 0.200. The second kappa shape index (κ2) is 8.49. The molecule has 0 unspecified atom stereocenters. The molecule has 2 aromatic carbocycles. The standard InChI is InChI=1S/C20H20N2O3S/c1-24-17-9-8-14(10-18(17)25-2)12-21-19(23)11-16-13-26-20(22-16)15-6-4-3-5-7-15/h3-10,13H,11-12H2,1-2H3,(H,21,23). The van der Waals surface area contributed by atoms with Gasteiger partial charge in [-0.1, -0.05) is 36.4 Å². The first-order valence-electron chi connectivity index (χ1n) is 8.17. The van der Waals surface area contributed by atoms with E-state index in [0.717, 1.165) is 21.8 Å². The molecule has 26 heavy (non-hydrogen) atoms. The molecular formula is C20H20N2O3S. The number of rotatable bonds is 7. The van der Waals surface area contributed by atoms with Crippen molar-refractivity contribution < 1.29 is 14.3 Å². The Morgan fingerprint density at radius 3 is 2.58 bits per heavy atom. The van der Waals surface area contributed by atoms with Gasteiger partial charge in [-0.05, 0) is 17.7 Å². The summed E-state index contributed by atoms with van der Waals surface area (Å²) in [4.78, 5) is 16.8. The summed E-state index contributed by atoms with van der Waals surface area (Å²) in [7, 11) is 3.18. The second-order valence-corrected chi connectivity index (χ2v) is 6.51. The van der Waals surface area contributed by atoms with E-state index in [2.05, 4.69) is 10.3 Å². The van der Waals surface area contributed by atoms with Gasteiger partial charge in [-0.25, -0.2) is 4.98 Å². The molecule has 1 N–H and O–H groups in total. The Morgan fingerprint density at radius 1 is 1.08 bits per heavy atom. The van der Waals surface area contributed by atoms with Crippen LogP contribution in [0.1, 0.15) is 11.3 Å². The van der Waals surface area contributed by atoms with Crippen LogP contribution < -0.4 is 14.8 Å². The van der Waals surface area contributed by atoms with Crippen molar-refractivity contribution in [2.75, 3.05) is 14.2 Å². The summed E-state index contributed by atoms with van der Waals surface area (Å²) in [6.45, 7) is 0.425. The SMILES string of the molecule is COc1ccc(CNC(=O)Cc2csc(-c3ccccc3)n2)cc1OC. The number of carbonyl (C=O) groups is 1. The van der Waals surface area contributed by atoms with E-state index in [1.807, 2.05) is 53.9 Å². The lowest BCUT2D eigenvalue weighted by Gasteiger charge is -2.10. The lowest BCUT2D eigenvalue weighted by molar-refractivity contribution is -0.120. The third-order valence-corrected chi connectivity index (χ3v) is 4.79. The number of aromatic nitrogens is 1. The molecule has 0 bridgehead atoms. The average Bonchev–Trinajstić information content (AvgIpc) is 3.15. The van der Waals surface area contributed by atoms with E-state index < -0.39 is 0 Å². The summed E-state index contributed by atoms with van der Waals surface area (Å²) in [5.41, 5.74) is 2.78. The van der Waals surface area contributed by atoms with Crippen LogP contribution in [0.5, 0.6) is 11.5 Å². The molecule has 1 amide bonds. The van der Waals surface area contributed by atoms with Crippen LogP contribution >= 0.6 is 11.3 Å².